The fourth-order valence-corrected chi connectivity index (χ4v) is 1.72. The van der Waals surface area contributed by atoms with Crippen molar-refractivity contribution in [1.82, 2.24) is 5.32 Å². The highest BCUT2D eigenvalue weighted by Gasteiger charge is 2.15. The van der Waals surface area contributed by atoms with Crippen molar-refractivity contribution >= 4 is 0 Å². The Morgan fingerprint density at radius 2 is 1.84 bits per heavy atom. The summed E-state index contributed by atoms with van der Waals surface area (Å²) in [6.07, 6.45) is 0.0198. The van der Waals surface area contributed by atoms with Gasteiger partial charge in [-0.2, -0.15) is 0 Å². The molecule has 0 aliphatic carbocycles. The first-order valence-corrected chi connectivity index (χ1v) is 6.79. The second-order valence-corrected chi connectivity index (χ2v) is 6.07. The first kappa shape index (κ1) is 16.0. The molecule has 0 aliphatic heterocycles. The molecule has 3 nitrogen and oxygen atoms in total. The fraction of sp³-hybridized carbons (Fsp3) is 0.625. The second kappa shape index (κ2) is 6.92. The van der Waals surface area contributed by atoms with E-state index >= 15 is 0 Å². The van der Waals surface area contributed by atoms with E-state index in [9.17, 15) is 0 Å². The van der Waals surface area contributed by atoms with E-state index in [2.05, 4.69) is 52.1 Å². The summed E-state index contributed by atoms with van der Waals surface area (Å²) in [4.78, 5) is 0. The lowest BCUT2D eigenvalue weighted by atomic mass is 10.1. The minimum Gasteiger partial charge on any atom is -0.487 e. The molecule has 0 fully saturated rings. The molecular formula is C16H27NO2. The van der Waals surface area contributed by atoms with Gasteiger partial charge in [-0.05, 0) is 57.9 Å². The van der Waals surface area contributed by atoms with Crippen LogP contribution in [0.4, 0.5) is 0 Å². The van der Waals surface area contributed by atoms with Crippen molar-refractivity contribution < 1.29 is 9.47 Å². The molecule has 108 valence electrons. The van der Waals surface area contributed by atoms with Crippen LogP contribution in [0.15, 0.2) is 18.2 Å². The van der Waals surface area contributed by atoms with Crippen molar-refractivity contribution in [2.45, 2.75) is 46.3 Å². The first-order valence-electron chi connectivity index (χ1n) is 6.79. The highest BCUT2D eigenvalue weighted by atomic mass is 16.5. The van der Waals surface area contributed by atoms with Crippen molar-refractivity contribution in [3.63, 3.8) is 0 Å². The molecule has 1 aromatic carbocycles. The SMILES string of the molecule is COCC(CNC(C)(C)C)Oc1ccc(C)c(C)c1. The van der Waals surface area contributed by atoms with Gasteiger partial charge in [-0.3, -0.25) is 0 Å². The Bertz CT molecular complexity index is 396. The molecule has 1 aromatic rings. The van der Waals surface area contributed by atoms with Crippen molar-refractivity contribution in [2.75, 3.05) is 20.3 Å². The van der Waals surface area contributed by atoms with Gasteiger partial charge in [0, 0.05) is 19.2 Å². The summed E-state index contributed by atoms with van der Waals surface area (Å²) in [5.41, 5.74) is 2.61. The number of hydrogen-bond acceptors (Lipinski definition) is 3. The number of nitrogens with one attached hydrogen (secondary N) is 1. The van der Waals surface area contributed by atoms with E-state index in [-0.39, 0.29) is 11.6 Å². The van der Waals surface area contributed by atoms with Gasteiger partial charge in [-0.15, -0.1) is 0 Å². The van der Waals surface area contributed by atoms with Gasteiger partial charge in [0.05, 0.1) is 6.61 Å². The summed E-state index contributed by atoms with van der Waals surface area (Å²) in [5.74, 6) is 0.904. The van der Waals surface area contributed by atoms with E-state index in [0.29, 0.717) is 6.61 Å². The lowest BCUT2D eigenvalue weighted by molar-refractivity contribution is 0.0764. The summed E-state index contributed by atoms with van der Waals surface area (Å²) < 4.78 is 11.2. The minimum absolute atomic E-state index is 0.0198. The lowest BCUT2D eigenvalue weighted by Gasteiger charge is -2.25. The van der Waals surface area contributed by atoms with Gasteiger partial charge in [0.15, 0.2) is 0 Å². The highest BCUT2D eigenvalue weighted by molar-refractivity contribution is 5.33. The highest BCUT2D eigenvalue weighted by Crippen LogP contribution is 2.18. The molecule has 0 aliphatic rings. The summed E-state index contributed by atoms with van der Waals surface area (Å²) in [6.45, 7) is 12.0. The molecule has 1 unspecified atom stereocenters. The maximum atomic E-state index is 6.00. The third-order valence-electron chi connectivity index (χ3n) is 2.99. The molecule has 0 saturated carbocycles. The van der Waals surface area contributed by atoms with Crippen molar-refractivity contribution in [3.05, 3.63) is 29.3 Å². The van der Waals surface area contributed by atoms with Crippen LogP contribution in [0, 0.1) is 13.8 Å². The number of ether oxygens (including phenoxy) is 2. The zero-order valence-corrected chi connectivity index (χ0v) is 13.0. The molecule has 0 amide bonds. The van der Waals surface area contributed by atoms with Crippen molar-refractivity contribution in [3.8, 4) is 5.75 Å². The monoisotopic (exact) mass is 265 g/mol. The molecule has 0 saturated heterocycles. The number of aryl methyl sites for hydroxylation is 2. The van der Waals surface area contributed by atoms with Crippen LogP contribution in [-0.2, 0) is 4.74 Å². The van der Waals surface area contributed by atoms with Crippen LogP contribution in [0.1, 0.15) is 31.9 Å². The molecule has 0 heterocycles. The van der Waals surface area contributed by atoms with Gasteiger partial charge in [-0.25, -0.2) is 0 Å². The quantitative estimate of drug-likeness (QED) is 0.857. The average Bonchev–Trinajstić information content (AvgIpc) is 2.30. The lowest BCUT2D eigenvalue weighted by Crippen LogP contribution is -2.44. The van der Waals surface area contributed by atoms with Crippen LogP contribution < -0.4 is 10.1 Å². The van der Waals surface area contributed by atoms with Crippen LogP contribution in [0.25, 0.3) is 0 Å². The maximum Gasteiger partial charge on any atom is 0.134 e. The van der Waals surface area contributed by atoms with Gasteiger partial charge in [0.25, 0.3) is 0 Å². The molecule has 19 heavy (non-hydrogen) atoms. The molecule has 0 aromatic heterocycles. The van der Waals surface area contributed by atoms with Crippen LogP contribution in [0.3, 0.4) is 0 Å². The molecular weight excluding hydrogens is 238 g/mol. The van der Waals surface area contributed by atoms with Crippen molar-refractivity contribution in [1.29, 1.82) is 0 Å². The predicted octanol–water partition coefficient (Wildman–Crippen LogP) is 3.09. The molecule has 0 radical (unpaired) electrons. The number of rotatable bonds is 6. The number of methoxy groups -OCH3 is 1. The van der Waals surface area contributed by atoms with Crippen LogP contribution in [0.2, 0.25) is 0 Å². The van der Waals surface area contributed by atoms with Crippen LogP contribution >= 0.6 is 0 Å². The normalized spacial score (nSPS) is 13.4. The average molecular weight is 265 g/mol. The third-order valence-corrected chi connectivity index (χ3v) is 2.99. The summed E-state index contributed by atoms with van der Waals surface area (Å²) in [6, 6.07) is 6.18. The summed E-state index contributed by atoms with van der Waals surface area (Å²) in [5, 5.41) is 3.45. The topological polar surface area (TPSA) is 30.5 Å². The first-order chi connectivity index (χ1) is 8.81. The van der Waals surface area contributed by atoms with E-state index < -0.39 is 0 Å². The smallest absolute Gasteiger partial charge is 0.134 e. The number of hydrogen-bond donors (Lipinski definition) is 1. The molecule has 3 heteroatoms. The molecule has 0 spiro atoms. The Kier molecular flexibility index (Phi) is 5.83. The number of benzene rings is 1. The van der Waals surface area contributed by atoms with E-state index in [1.165, 1.54) is 11.1 Å². The third kappa shape index (κ3) is 6.08. The second-order valence-electron chi connectivity index (χ2n) is 6.07. The standard InChI is InChI=1S/C16H27NO2/c1-12-7-8-14(9-13(12)2)19-15(11-18-6)10-17-16(3,4)5/h7-9,15,17H,10-11H2,1-6H3. The Labute approximate surface area is 117 Å². The largest absolute Gasteiger partial charge is 0.487 e. The molecule has 1 atom stereocenters. The predicted molar refractivity (Wildman–Crippen MR) is 80.0 cm³/mol. The minimum atomic E-state index is 0.0198. The van der Waals surface area contributed by atoms with Crippen LogP contribution in [-0.4, -0.2) is 31.9 Å². The van der Waals surface area contributed by atoms with Crippen LogP contribution in [0.5, 0.6) is 5.75 Å². The Morgan fingerprint density at radius 3 is 2.37 bits per heavy atom. The maximum absolute atomic E-state index is 6.00. The van der Waals surface area contributed by atoms with Gasteiger partial charge in [0.1, 0.15) is 11.9 Å². The Hall–Kier alpha value is -1.06. The summed E-state index contributed by atoms with van der Waals surface area (Å²) >= 11 is 0. The Balaban J connectivity index is 2.64. The van der Waals surface area contributed by atoms with Gasteiger partial charge in [0.2, 0.25) is 0 Å². The molecule has 1 rings (SSSR count). The van der Waals surface area contributed by atoms with Gasteiger partial charge in [-0.1, -0.05) is 6.07 Å². The zero-order valence-electron chi connectivity index (χ0n) is 13.0. The Morgan fingerprint density at radius 1 is 1.16 bits per heavy atom. The fourth-order valence-electron chi connectivity index (χ4n) is 1.72. The summed E-state index contributed by atoms with van der Waals surface area (Å²) in [7, 11) is 1.70. The van der Waals surface area contributed by atoms with Gasteiger partial charge >= 0.3 is 0 Å². The van der Waals surface area contributed by atoms with Crippen molar-refractivity contribution in [2.24, 2.45) is 0 Å². The van der Waals surface area contributed by atoms with E-state index in [0.717, 1.165) is 12.3 Å². The molecule has 0 bridgehead atoms. The van der Waals surface area contributed by atoms with E-state index in [1.807, 2.05) is 6.07 Å². The molecule has 1 N–H and O–H groups in total. The van der Waals surface area contributed by atoms with E-state index in [1.54, 1.807) is 7.11 Å². The van der Waals surface area contributed by atoms with E-state index in [4.69, 9.17) is 9.47 Å². The van der Waals surface area contributed by atoms with Gasteiger partial charge < -0.3 is 14.8 Å². The zero-order chi connectivity index (χ0) is 14.5.